The van der Waals surface area contributed by atoms with Gasteiger partial charge in [-0.15, -0.1) is 0 Å². The van der Waals surface area contributed by atoms with Crippen LogP contribution in [-0.2, 0) is 19.1 Å². The van der Waals surface area contributed by atoms with Crippen molar-refractivity contribution in [2.45, 2.75) is 59.3 Å². The highest BCUT2D eigenvalue weighted by Crippen LogP contribution is 2.53. The van der Waals surface area contributed by atoms with Crippen LogP contribution in [0, 0.1) is 10.8 Å². The first-order valence-corrected chi connectivity index (χ1v) is 14.1. The quantitative estimate of drug-likeness (QED) is 0.459. The minimum Gasteiger partial charge on any atom is -0.493 e. The number of hydrogen-bond donors (Lipinski definition) is 1. The van der Waals surface area contributed by atoms with Gasteiger partial charge in [-0.1, -0.05) is 33.8 Å². The Labute approximate surface area is 244 Å². The van der Waals surface area contributed by atoms with Crippen molar-refractivity contribution in [2.75, 3.05) is 25.8 Å². The normalized spacial score (nSPS) is 20.5. The number of methoxy groups -OCH3 is 1. The Bertz CT molecular complexity index is 1510. The molecule has 220 valence electrons. The van der Waals surface area contributed by atoms with E-state index in [4.69, 9.17) is 23.7 Å². The number of benzene rings is 2. The van der Waals surface area contributed by atoms with Crippen molar-refractivity contribution in [3.05, 3.63) is 64.6 Å². The molecular weight excluding hydrogens is 538 g/mol. The van der Waals surface area contributed by atoms with Gasteiger partial charge in [-0.3, -0.25) is 14.4 Å². The number of hydrogen-bond acceptors (Lipinski definition) is 8. The third-order valence-electron chi connectivity index (χ3n) is 8.12. The summed E-state index contributed by atoms with van der Waals surface area (Å²) in [4.78, 5) is 39.8. The topological polar surface area (TPSA) is 109 Å². The SMILES string of the molecule is COc1cc(C2C3=C(CC(C)(C)CC3=O)OC3=C2C(=O)CC(C)(C)C3)ccc1OCC(=O)Nc1ccc2c(c1)OCO2. The van der Waals surface area contributed by atoms with Crippen LogP contribution in [0.2, 0.25) is 0 Å². The van der Waals surface area contributed by atoms with Crippen LogP contribution in [0.5, 0.6) is 23.0 Å². The number of ketones is 2. The smallest absolute Gasteiger partial charge is 0.262 e. The zero-order valence-electron chi connectivity index (χ0n) is 24.6. The lowest BCUT2D eigenvalue weighted by molar-refractivity contribution is -0.120. The third-order valence-corrected chi connectivity index (χ3v) is 8.12. The zero-order valence-corrected chi connectivity index (χ0v) is 24.6. The number of anilines is 1. The van der Waals surface area contributed by atoms with Crippen LogP contribution >= 0.6 is 0 Å². The second-order valence-electron chi connectivity index (χ2n) is 12.9. The molecule has 2 heterocycles. The molecule has 2 aliphatic heterocycles. The molecular formula is C33H35NO8. The maximum Gasteiger partial charge on any atom is 0.262 e. The van der Waals surface area contributed by atoms with Crippen molar-refractivity contribution in [2.24, 2.45) is 10.8 Å². The highest BCUT2D eigenvalue weighted by atomic mass is 16.7. The summed E-state index contributed by atoms with van der Waals surface area (Å²) in [5.41, 5.74) is 1.95. The summed E-state index contributed by atoms with van der Waals surface area (Å²) in [5, 5.41) is 2.79. The van der Waals surface area contributed by atoms with Crippen molar-refractivity contribution in [1.29, 1.82) is 0 Å². The van der Waals surface area contributed by atoms with E-state index < -0.39 is 5.92 Å². The van der Waals surface area contributed by atoms with Gasteiger partial charge in [0.15, 0.2) is 41.2 Å². The molecule has 2 aromatic rings. The number of rotatable bonds is 6. The van der Waals surface area contributed by atoms with Gasteiger partial charge in [-0.2, -0.15) is 0 Å². The Balaban J connectivity index is 1.27. The molecule has 0 saturated carbocycles. The molecule has 9 heteroatoms. The third kappa shape index (κ3) is 5.24. The van der Waals surface area contributed by atoms with Crippen molar-refractivity contribution >= 4 is 23.2 Å². The van der Waals surface area contributed by atoms with E-state index in [0.29, 0.717) is 77.0 Å². The fourth-order valence-corrected chi connectivity index (χ4v) is 6.31. The molecule has 42 heavy (non-hydrogen) atoms. The second-order valence-corrected chi connectivity index (χ2v) is 12.9. The van der Waals surface area contributed by atoms with Crippen LogP contribution in [-0.4, -0.2) is 38.0 Å². The van der Waals surface area contributed by atoms with E-state index in [0.717, 1.165) is 5.56 Å². The summed E-state index contributed by atoms with van der Waals surface area (Å²) >= 11 is 0. The van der Waals surface area contributed by atoms with Crippen molar-refractivity contribution in [3.63, 3.8) is 0 Å². The molecule has 6 rings (SSSR count). The summed E-state index contributed by atoms with van der Waals surface area (Å²) in [7, 11) is 1.51. The van der Waals surface area contributed by atoms with Gasteiger partial charge >= 0.3 is 0 Å². The Kier molecular flexibility index (Phi) is 6.78. The molecule has 0 atom stereocenters. The number of allylic oxidation sites excluding steroid dienone is 4. The molecule has 0 radical (unpaired) electrons. The number of amides is 1. The van der Waals surface area contributed by atoms with Crippen molar-refractivity contribution in [1.82, 2.24) is 0 Å². The van der Waals surface area contributed by atoms with Crippen LogP contribution in [0.25, 0.3) is 0 Å². The van der Waals surface area contributed by atoms with Crippen LogP contribution in [0.4, 0.5) is 5.69 Å². The van der Waals surface area contributed by atoms with E-state index in [1.54, 1.807) is 30.3 Å². The van der Waals surface area contributed by atoms with E-state index >= 15 is 0 Å². The van der Waals surface area contributed by atoms with Gasteiger partial charge in [0.25, 0.3) is 5.91 Å². The van der Waals surface area contributed by atoms with Gasteiger partial charge in [0, 0.05) is 54.5 Å². The van der Waals surface area contributed by atoms with E-state index in [1.807, 2.05) is 6.07 Å². The van der Waals surface area contributed by atoms with Gasteiger partial charge in [0.1, 0.15) is 11.5 Å². The molecule has 9 nitrogen and oxygen atoms in total. The van der Waals surface area contributed by atoms with Crippen LogP contribution in [0.15, 0.2) is 59.1 Å². The molecule has 0 fully saturated rings. The predicted molar refractivity (Wildman–Crippen MR) is 154 cm³/mol. The van der Waals surface area contributed by atoms with E-state index in [1.165, 1.54) is 7.11 Å². The van der Waals surface area contributed by atoms with E-state index in [2.05, 4.69) is 33.0 Å². The fraction of sp³-hybridized carbons (Fsp3) is 0.424. The summed E-state index contributed by atoms with van der Waals surface area (Å²) in [5.74, 6) is 2.35. The minimum atomic E-state index is -0.548. The molecule has 0 spiro atoms. The van der Waals surface area contributed by atoms with Gasteiger partial charge in [0.05, 0.1) is 7.11 Å². The fourth-order valence-electron chi connectivity index (χ4n) is 6.31. The first-order chi connectivity index (χ1) is 19.9. The summed E-state index contributed by atoms with van der Waals surface area (Å²) in [6.07, 6.45) is 2.00. The number of Topliss-reactive ketones (excluding diaryl/α,β-unsaturated/α-hetero) is 2. The largest absolute Gasteiger partial charge is 0.493 e. The maximum atomic E-state index is 13.6. The molecule has 0 saturated heterocycles. The lowest BCUT2D eigenvalue weighted by Gasteiger charge is -2.42. The molecule has 2 aromatic carbocycles. The maximum absolute atomic E-state index is 13.6. The van der Waals surface area contributed by atoms with Crippen LogP contribution < -0.4 is 24.3 Å². The van der Waals surface area contributed by atoms with Crippen molar-refractivity contribution < 1.29 is 38.1 Å². The molecule has 4 aliphatic rings. The number of ether oxygens (including phenoxy) is 5. The molecule has 1 N–H and O–H groups in total. The summed E-state index contributed by atoms with van der Waals surface area (Å²) in [6, 6.07) is 10.5. The molecule has 2 aliphatic carbocycles. The number of fused-ring (bicyclic) bond motifs is 1. The standard InChI is InChI=1S/C33H35NO8/c1-32(2)12-20(35)30-26(14-32)42-27-15-33(3,4)13-21(36)31(27)29(30)18-6-8-22(24(10-18)38-5)39-16-28(37)34-19-7-9-23-25(11-19)41-17-40-23/h6-11,29H,12-17H2,1-5H3,(H,34,37). The van der Waals surface area contributed by atoms with Gasteiger partial charge in [-0.25, -0.2) is 0 Å². The first-order valence-electron chi connectivity index (χ1n) is 14.1. The lowest BCUT2D eigenvalue weighted by Crippen LogP contribution is -2.37. The van der Waals surface area contributed by atoms with Gasteiger partial charge < -0.3 is 29.0 Å². The highest BCUT2D eigenvalue weighted by Gasteiger charge is 2.48. The predicted octanol–water partition coefficient (Wildman–Crippen LogP) is 5.84. The van der Waals surface area contributed by atoms with E-state index in [9.17, 15) is 14.4 Å². The summed E-state index contributed by atoms with van der Waals surface area (Å²) < 4.78 is 28.5. The molecule has 0 unspecified atom stereocenters. The van der Waals surface area contributed by atoms with Gasteiger partial charge in [-0.05, 0) is 40.7 Å². The second kappa shape index (κ2) is 10.2. The van der Waals surface area contributed by atoms with Crippen LogP contribution in [0.3, 0.4) is 0 Å². The summed E-state index contributed by atoms with van der Waals surface area (Å²) in [6.45, 7) is 8.13. The minimum absolute atomic E-state index is 0.00471. The number of carbonyl (C=O) groups excluding carboxylic acids is 3. The molecule has 1 amide bonds. The highest BCUT2D eigenvalue weighted by molar-refractivity contribution is 6.06. The first kappa shape index (κ1) is 27.9. The Hall–Kier alpha value is -4.27. The zero-order chi connectivity index (χ0) is 29.8. The van der Waals surface area contributed by atoms with Crippen molar-refractivity contribution in [3.8, 4) is 23.0 Å². The molecule has 0 bridgehead atoms. The van der Waals surface area contributed by atoms with Crippen LogP contribution in [0.1, 0.15) is 64.9 Å². The lowest BCUT2D eigenvalue weighted by atomic mass is 9.65. The Morgan fingerprint density at radius 3 is 2.14 bits per heavy atom. The van der Waals surface area contributed by atoms with Gasteiger partial charge in [0.2, 0.25) is 6.79 Å². The monoisotopic (exact) mass is 573 g/mol. The Morgan fingerprint density at radius 2 is 1.50 bits per heavy atom. The molecule has 0 aromatic heterocycles. The number of carbonyl (C=O) groups is 3. The average Bonchev–Trinajstić information content (AvgIpc) is 3.37. The Morgan fingerprint density at radius 1 is 0.857 bits per heavy atom. The average molecular weight is 574 g/mol. The number of nitrogens with one attached hydrogen (secondary N) is 1. The van der Waals surface area contributed by atoms with E-state index in [-0.39, 0.29) is 41.7 Å².